The number of nitrogens with one attached hydrogen (secondary N) is 1. The number of aliphatic hydroxyl groups excluding tert-OH is 1. The molecule has 0 unspecified atom stereocenters. The Hall–Kier alpha value is -3.50. The van der Waals surface area contributed by atoms with Crippen LogP contribution in [-0.2, 0) is 11.3 Å². The molecule has 2 aliphatic heterocycles. The van der Waals surface area contributed by atoms with Crippen LogP contribution in [0.15, 0.2) is 48.7 Å². The highest BCUT2D eigenvalue weighted by molar-refractivity contribution is 5.95. The fraction of sp³-hybridized carbons (Fsp3) is 0.375. The van der Waals surface area contributed by atoms with Crippen LogP contribution in [0.2, 0.25) is 0 Å². The largest absolute Gasteiger partial charge is 0.454 e. The van der Waals surface area contributed by atoms with E-state index in [2.05, 4.69) is 15.6 Å². The number of hydrogen-bond donors (Lipinski definition) is 2. The lowest BCUT2D eigenvalue weighted by atomic mass is 9.96. The average Bonchev–Trinajstić information content (AvgIpc) is 3.52. The molecule has 10 heteroatoms. The number of ether oxygens (including phenoxy) is 3. The Balaban J connectivity index is 1.15. The van der Waals surface area contributed by atoms with E-state index in [-0.39, 0.29) is 37.3 Å². The SMILES string of the molecule is O=C(N[C@H]1CC[C@H](CCn2cc(-c3ccccc3F)nn2)O[C@@H]1CO)c1ccc2c(c1)OCO2. The van der Waals surface area contributed by atoms with Crippen LogP contribution in [0.25, 0.3) is 11.3 Å². The Morgan fingerprint density at radius 1 is 1.18 bits per heavy atom. The monoisotopic (exact) mass is 468 g/mol. The minimum atomic E-state index is -0.513. The summed E-state index contributed by atoms with van der Waals surface area (Å²) in [6, 6.07) is 11.2. The van der Waals surface area contributed by atoms with Crippen LogP contribution in [0.1, 0.15) is 29.6 Å². The lowest BCUT2D eigenvalue weighted by molar-refractivity contribution is -0.0912. The molecule has 2 N–H and O–H groups in total. The standard InChI is InChI=1S/C24H25FN4O5/c25-18-4-2-1-3-17(18)20-12-29(28-27-20)10-9-16-6-7-19(23(13-30)34-16)26-24(31)15-5-8-21-22(11-15)33-14-32-21/h1-5,8,11-12,16,19,23,30H,6-7,9-10,13-14H2,(H,26,31)/t16-,19+,23-/m1/s1. The van der Waals surface area contributed by atoms with Crippen molar-refractivity contribution >= 4 is 5.91 Å². The Kier molecular flexibility index (Phi) is 6.41. The number of halogens is 1. The normalized spacial score (nSPS) is 21.4. The number of rotatable bonds is 7. The second kappa shape index (κ2) is 9.78. The van der Waals surface area contributed by atoms with Crippen molar-refractivity contribution in [3.8, 4) is 22.8 Å². The molecule has 1 amide bonds. The first-order chi connectivity index (χ1) is 16.6. The van der Waals surface area contributed by atoms with Crippen molar-refractivity contribution in [2.75, 3.05) is 13.4 Å². The summed E-state index contributed by atoms with van der Waals surface area (Å²) in [6.07, 6.45) is 3.14. The van der Waals surface area contributed by atoms with Gasteiger partial charge in [-0.15, -0.1) is 5.10 Å². The molecule has 3 heterocycles. The number of nitrogens with zero attached hydrogens (tertiary/aromatic N) is 3. The van der Waals surface area contributed by atoms with Gasteiger partial charge in [-0.2, -0.15) is 0 Å². The van der Waals surface area contributed by atoms with Gasteiger partial charge < -0.3 is 24.6 Å². The summed E-state index contributed by atoms with van der Waals surface area (Å²) in [6.45, 7) is 0.478. The van der Waals surface area contributed by atoms with Crippen molar-refractivity contribution in [1.82, 2.24) is 20.3 Å². The third-order valence-electron chi connectivity index (χ3n) is 6.12. The maximum Gasteiger partial charge on any atom is 0.251 e. The van der Waals surface area contributed by atoms with Crippen LogP contribution in [-0.4, -0.2) is 57.7 Å². The molecule has 2 aliphatic rings. The van der Waals surface area contributed by atoms with Gasteiger partial charge in [-0.3, -0.25) is 9.48 Å². The van der Waals surface area contributed by atoms with E-state index in [9.17, 15) is 14.3 Å². The van der Waals surface area contributed by atoms with E-state index >= 15 is 0 Å². The van der Waals surface area contributed by atoms with E-state index < -0.39 is 6.10 Å². The molecule has 1 fully saturated rings. The van der Waals surface area contributed by atoms with E-state index in [1.165, 1.54) is 6.07 Å². The summed E-state index contributed by atoms with van der Waals surface area (Å²) in [7, 11) is 0. The van der Waals surface area contributed by atoms with Gasteiger partial charge in [0.2, 0.25) is 6.79 Å². The van der Waals surface area contributed by atoms with Gasteiger partial charge in [-0.1, -0.05) is 17.3 Å². The van der Waals surface area contributed by atoms with Gasteiger partial charge in [-0.25, -0.2) is 4.39 Å². The first-order valence-corrected chi connectivity index (χ1v) is 11.2. The first kappa shape index (κ1) is 22.3. The van der Waals surface area contributed by atoms with Crippen LogP contribution >= 0.6 is 0 Å². The molecule has 0 spiro atoms. The molecule has 0 radical (unpaired) electrons. The van der Waals surface area contributed by atoms with Crippen molar-refractivity contribution in [3.63, 3.8) is 0 Å². The molecule has 5 rings (SSSR count). The molecule has 0 saturated carbocycles. The van der Waals surface area contributed by atoms with Gasteiger partial charge in [0.15, 0.2) is 11.5 Å². The van der Waals surface area contributed by atoms with Crippen molar-refractivity contribution < 1.29 is 28.5 Å². The molecule has 3 aromatic rings. The highest BCUT2D eigenvalue weighted by Gasteiger charge is 2.32. The molecule has 3 atom stereocenters. The van der Waals surface area contributed by atoms with Crippen LogP contribution in [0.3, 0.4) is 0 Å². The Labute approximate surface area is 195 Å². The molecule has 0 aliphatic carbocycles. The first-order valence-electron chi connectivity index (χ1n) is 11.2. The van der Waals surface area contributed by atoms with Gasteiger partial charge >= 0.3 is 0 Å². The van der Waals surface area contributed by atoms with Gasteiger partial charge in [0.05, 0.1) is 24.9 Å². The Morgan fingerprint density at radius 3 is 2.88 bits per heavy atom. The maximum atomic E-state index is 14.0. The van der Waals surface area contributed by atoms with E-state index in [0.29, 0.717) is 47.7 Å². The van der Waals surface area contributed by atoms with Gasteiger partial charge in [-0.05, 0) is 49.6 Å². The topological polar surface area (TPSA) is 108 Å². The average molecular weight is 468 g/mol. The number of hydrogen-bond acceptors (Lipinski definition) is 7. The van der Waals surface area contributed by atoms with E-state index in [0.717, 1.165) is 6.42 Å². The molecule has 2 aromatic carbocycles. The molecule has 1 aromatic heterocycles. The third kappa shape index (κ3) is 4.73. The number of fused-ring (bicyclic) bond motifs is 1. The zero-order chi connectivity index (χ0) is 23.5. The van der Waals surface area contributed by atoms with Crippen molar-refractivity contribution in [2.24, 2.45) is 0 Å². The molecule has 1 saturated heterocycles. The molecule has 9 nitrogen and oxygen atoms in total. The smallest absolute Gasteiger partial charge is 0.251 e. The van der Waals surface area contributed by atoms with Crippen molar-refractivity contribution in [2.45, 2.75) is 44.1 Å². The Bertz CT molecular complexity index is 1170. The van der Waals surface area contributed by atoms with Crippen LogP contribution in [0.5, 0.6) is 11.5 Å². The second-order valence-corrected chi connectivity index (χ2v) is 8.34. The number of benzene rings is 2. The van der Waals surface area contributed by atoms with Crippen LogP contribution in [0, 0.1) is 5.82 Å². The zero-order valence-corrected chi connectivity index (χ0v) is 18.4. The van der Waals surface area contributed by atoms with Crippen molar-refractivity contribution in [1.29, 1.82) is 0 Å². The van der Waals surface area contributed by atoms with Gasteiger partial charge in [0, 0.05) is 17.7 Å². The summed E-state index contributed by atoms with van der Waals surface area (Å²) < 4.78 is 32.3. The minimum absolute atomic E-state index is 0.100. The summed E-state index contributed by atoms with van der Waals surface area (Å²) >= 11 is 0. The molecule has 178 valence electrons. The lowest BCUT2D eigenvalue weighted by Crippen LogP contribution is -2.51. The van der Waals surface area contributed by atoms with E-state index in [4.69, 9.17) is 14.2 Å². The van der Waals surface area contributed by atoms with Crippen LogP contribution < -0.4 is 14.8 Å². The second-order valence-electron chi connectivity index (χ2n) is 8.34. The third-order valence-corrected chi connectivity index (χ3v) is 6.12. The fourth-order valence-corrected chi connectivity index (χ4v) is 4.27. The van der Waals surface area contributed by atoms with E-state index in [1.54, 1.807) is 47.3 Å². The molecular weight excluding hydrogens is 443 g/mol. The summed E-state index contributed by atoms with van der Waals surface area (Å²) in [5.41, 5.74) is 1.34. The molecule has 0 bridgehead atoms. The predicted octanol–water partition coefficient (Wildman–Crippen LogP) is 2.54. The summed E-state index contributed by atoms with van der Waals surface area (Å²) in [4.78, 5) is 12.7. The fourth-order valence-electron chi connectivity index (χ4n) is 4.27. The summed E-state index contributed by atoms with van der Waals surface area (Å²) in [5.74, 6) is 0.552. The van der Waals surface area contributed by atoms with E-state index in [1.807, 2.05) is 0 Å². The lowest BCUT2D eigenvalue weighted by Gasteiger charge is -2.36. The predicted molar refractivity (Wildman–Crippen MR) is 119 cm³/mol. The maximum absolute atomic E-state index is 14.0. The number of aryl methyl sites for hydroxylation is 1. The van der Waals surface area contributed by atoms with Gasteiger partial charge in [0.1, 0.15) is 17.6 Å². The van der Waals surface area contributed by atoms with Gasteiger partial charge in [0.25, 0.3) is 5.91 Å². The highest BCUT2D eigenvalue weighted by Crippen LogP contribution is 2.32. The Morgan fingerprint density at radius 2 is 2.03 bits per heavy atom. The number of aliphatic hydroxyl groups is 1. The number of carbonyl (C=O) groups excluding carboxylic acids is 1. The zero-order valence-electron chi connectivity index (χ0n) is 18.4. The molecular formula is C24H25FN4O5. The van der Waals surface area contributed by atoms with Crippen molar-refractivity contribution in [3.05, 3.63) is 60.0 Å². The molecule has 34 heavy (non-hydrogen) atoms. The summed E-state index contributed by atoms with van der Waals surface area (Å²) in [5, 5.41) is 21.0. The quantitative estimate of drug-likeness (QED) is 0.549. The number of aromatic nitrogens is 3. The minimum Gasteiger partial charge on any atom is -0.454 e. The number of amides is 1. The van der Waals surface area contributed by atoms with Crippen LogP contribution in [0.4, 0.5) is 4.39 Å². The highest BCUT2D eigenvalue weighted by atomic mass is 19.1. The number of carbonyl (C=O) groups is 1.